The van der Waals surface area contributed by atoms with Gasteiger partial charge in [0.05, 0.1) is 6.61 Å². The first-order valence-electron chi connectivity index (χ1n) is 6.04. The molecule has 1 heterocycles. The van der Waals surface area contributed by atoms with E-state index in [-0.39, 0.29) is 11.6 Å². The highest BCUT2D eigenvalue weighted by Gasteiger charge is 2.15. The van der Waals surface area contributed by atoms with Gasteiger partial charge in [0.2, 0.25) is 5.13 Å². The topological polar surface area (TPSA) is 76.1 Å². The summed E-state index contributed by atoms with van der Waals surface area (Å²) in [5.41, 5.74) is -0.274. The van der Waals surface area contributed by atoms with Crippen LogP contribution in [0.2, 0.25) is 0 Å². The van der Waals surface area contributed by atoms with E-state index in [0.29, 0.717) is 11.7 Å². The average molecular weight is 304 g/mol. The molecule has 0 atom stereocenters. The summed E-state index contributed by atoms with van der Waals surface area (Å²) in [6, 6.07) is -0.269. The number of hydrogen-bond acceptors (Lipinski definition) is 6. The summed E-state index contributed by atoms with van der Waals surface area (Å²) < 4.78 is 6.06. The summed E-state index contributed by atoms with van der Waals surface area (Å²) in [5.74, 6) is 0.830. The van der Waals surface area contributed by atoms with Crippen molar-refractivity contribution in [1.29, 1.82) is 0 Å². The zero-order valence-corrected chi connectivity index (χ0v) is 13.3. The van der Waals surface area contributed by atoms with E-state index < -0.39 is 0 Å². The number of nitrogens with zero attached hydrogens (tertiary/aromatic N) is 2. The third-order valence-electron chi connectivity index (χ3n) is 1.77. The fourth-order valence-corrected chi connectivity index (χ4v) is 2.79. The normalized spacial score (nSPS) is 11.4. The highest BCUT2D eigenvalue weighted by atomic mass is 32.2. The van der Waals surface area contributed by atoms with Crippen molar-refractivity contribution in [3.8, 4) is 0 Å². The molecular weight excluding hydrogens is 284 g/mol. The van der Waals surface area contributed by atoms with Gasteiger partial charge in [-0.1, -0.05) is 23.1 Å². The minimum absolute atomic E-state index is 0.269. The summed E-state index contributed by atoms with van der Waals surface area (Å²) in [6.07, 6.45) is 0. The lowest BCUT2D eigenvalue weighted by Crippen LogP contribution is -2.43. The second kappa shape index (κ2) is 7.66. The molecule has 108 valence electrons. The Bertz CT molecular complexity index is 404. The molecule has 1 aromatic heterocycles. The Labute approximate surface area is 121 Å². The van der Waals surface area contributed by atoms with E-state index in [4.69, 9.17) is 4.74 Å². The fraction of sp³-hybridized carbons (Fsp3) is 0.727. The van der Waals surface area contributed by atoms with Crippen LogP contribution in [0.5, 0.6) is 0 Å². The summed E-state index contributed by atoms with van der Waals surface area (Å²) in [5, 5.41) is 13.9. The standard InChI is InChI=1S/C11H20N4O2S2/c1-5-17-6-7-18-10-15-14-9(19-10)12-8(16)13-11(2,3)4/h5-7H2,1-4H3,(H2,12,13,14,16). The van der Waals surface area contributed by atoms with Crippen LogP contribution >= 0.6 is 23.1 Å². The Balaban J connectivity index is 2.36. The van der Waals surface area contributed by atoms with Gasteiger partial charge in [0.1, 0.15) is 0 Å². The average Bonchev–Trinajstić information content (AvgIpc) is 2.69. The lowest BCUT2D eigenvalue weighted by Gasteiger charge is -2.19. The Hall–Kier alpha value is -0.860. The van der Waals surface area contributed by atoms with Crippen molar-refractivity contribution in [3.63, 3.8) is 0 Å². The van der Waals surface area contributed by atoms with Crippen LogP contribution < -0.4 is 10.6 Å². The predicted molar refractivity (Wildman–Crippen MR) is 79.0 cm³/mol. The van der Waals surface area contributed by atoms with Crippen LogP contribution in [0, 0.1) is 0 Å². The third-order valence-corrected chi connectivity index (χ3v) is 3.71. The first-order valence-corrected chi connectivity index (χ1v) is 7.84. The second-order valence-electron chi connectivity index (χ2n) is 4.75. The number of amides is 2. The maximum absolute atomic E-state index is 11.6. The van der Waals surface area contributed by atoms with Crippen molar-refractivity contribution >= 4 is 34.3 Å². The van der Waals surface area contributed by atoms with Gasteiger partial charge in [-0.15, -0.1) is 10.2 Å². The maximum atomic E-state index is 11.6. The minimum Gasteiger partial charge on any atom is -0.381 e. The zero-order valence-electron chi connectivity index (χ0n) is 11.6. The van der Waals surface area contributed by atoms with Gasteiger partial charge in [-0.05, 0) is 27.7 Å². The number of rotatable bonds is 6. The molecule has 0 radical (unpaired) electrons. The molecule has 2 amide bonds. The van der Waals surface area contributed by atoms with E-state index in [9.17, 15) is 4.79 Å². The quantitative estimate of drug-likeness (QED) is 0.480. The zero-order chi connectivity index (χ0) is 14.3. The molecule has 0 aromatic carbocycles. The number of urea groups is 1. The van der Waals surface area contributed by atoms with Crippen molar-refractivity contribution in [2.75, 3.05) is 24.3 Å². The number of hydrogen-bond donors (Lipinski definition) is 2. The van der Waals surface area contributed by atoms with Crippen LogP contribution in [0.25, 0.3) is 0 Å². The molecule has 0 bridgehead atoms. The molecule has 1 aromatic rings. The van der Waals surface area contributed by atoms with Gasteiger partial charge in [0, 0.05) is 17.9 Å². The van der Waals surface area contributed by atoms with Gasteiger partial charge in [0.25, 0.3) is 0 Å². The fourth-order valence-electron chi connectivity index (χ4n) is 1.12. The largest absolute Gasteiger partial charge is 0.381 e. The SMILES string of the molecule is CCOCCSc1nnc(NC(=O)NC(C)(C)C)s1. The molecule has 0 unspecified atom stereocenters. The highest BCUT2D eigenvalue weighted by Crippen LogP contribution is 2.25. The second-order valence-corrected chi connectivity index (χ2v) is 7.07. The Morgan fingerprint density at radius 3 is 2.79 bits per heavy atom. The van der Waals surface area contributed by atoms with Crippen LogP contribution in [0.1, 0.15) is 27.7 Å². The van der Waals surface area contributed by atoms with Gasteiger partial charge in [0.15, 0.2) is 4.34 Å². The summed E-state index contributed by atoms with van der Waals surface area (Å²) in [6.45, 7) is 9.13. The summed E-state index contributed by atoms with van der Waals surface area (Å²) in [7, 11) is 0. The molecule has 1 rings (SSSR count). The number of ether oxygens (including phenoxy) is 1. The molecule has 0 aliphatic heterocycles. The molecular formula is C11H20N4O2S2. The molecule has 19 heavy (non-hydrogen) atoms. The van der Waals surface area contributed by atoms with E-state index in [2.05, 4.69) is 20.8 Å². The van der Waals surface area contributed by atoms with Crippen molar-refractivity contribution in [1.82, 2.24) is 15.5 Å². The van der Waals surface area contributed by atoms with Crippen molar-refractivity contribution in [2.45, 2.75) is 37.6 Å². The van der Waals surface area contributed by atoms with Crippen molar-refractivity contribution < 1.29 is 9.53 Å². The predicted octanol–water partition coefficient (Wildman–Crippen LogP) is 2.59. The van der Waals surface area contributed by atoms with Crippen LogP contribution in [0.15, 0.2) is 4.34 Å². The van der Waals surface area contributed by atoms with Crippen LogP contribution in [-0.4, -0.2) is 40.7 Å². The number of carbonyl (C=O) groups excluding carboxylic acids is 1. The molecule has 0 fully saturated rings. The van der Waals surface area contributed by atoms with Crippen molar-refractivity contribution in [2.24, 2.45) is 0 Å². The molecule has 0 saturated carbocycles. The molecule has 0 saturated heterocycles. The number of thioether (sulfide) groups is 1. The molecule has 2 N–H and O–H groups in total. The van der Waals surface area contributed by atoms with E-state index in [1.807, 2.05) is 27.7 Å². The van der Waals surface area contributed by atoms with Gasteiger partial charge < -0.3 is 10.1 Å². The Kier molecular flexibility index (Phi) is 6.53. The molecule has 6 nitrogen and oxygen atoms in total. The van der Waals surface area contributed by atoms with Crippen molar-refractivity contribution in [3.05, 3.63) is 0 Å². The molecule has 0 aliphatic carbocycles. The van der Waals surface area contributed by atoms with Crippen LogP contribution in [0.3, 0.4) is 0 Å². The number of nitrogens with one attached hydrogen (secondary N) is 2. The van der Waals surface area contributed by atoms with Gasteiger partial charge in [-0.3, -0.25) is 5.32 Å². The first kappa shape index (κ1) is 16.2. The monoisotopic (exact) mass is 304 g/mol. The summed E-state index contributed by atoms with van der Waals surface area (Å²) >= 11 is 2.93. The van der Waals surface area contributed by atoms with E-state index in [1.165, 1.54) is 11.3 Å². The maximum Gasteiger partial charge on any atom is 0.321 e. The van der Waals surface area contributed by atoms with Gasteiger partial charge >= 0.3 is 6.03 Å². The lowest BCUT2D eigenvalue weighted by molar-refractivity contribution is 0.164. The highest BCUT2D eigenvalue weighted by molar-refractivity contribution is 8.01. The Morgan fingerprint density at radius 1 is 1.42 bits per heavy atom. The van der Waals surface area contributed by atoms with E-state index in [1.54, 1.807) is 11.8 Å². The number of aromatic nitrogens is 2. The lowest BCUT2D eigenvalue weighted by atomic mass is 10.1. The molecule has 0 aliphatic rings. The molecule has 8 heteroatoms. The third kappa shape index (κ3) is 7.34. The minimum atomic E-state index is -0.274. The van der Waals surface area contributed by atoms with Gasteiger partial charge in [-0.25, -0.2) is 4.79 Å². The van der Waals surface area contributed by atoms with Gasteiger partial charge in [-0.2, -0.15) is 0 Å². The number of anilines is 1. The first-order chi connectivity index (χ1) is 8.90. The number of carbonyl (C=O) groups is 1. The smallest absolute Gasteiger partial charge is 0.321 e. The van der Waals surface area contributed by atoms with Crippen LogP contribution in [-0.2, 0) is 4.74 Å². The van der Waals surface area contributed by atoms with Crippen LogP contribution in [0.4, 0.5) is 9.93 Å². The Morgan fingerprint density at radius 2 is 2.16 bits per heavy atom. The summed E-state index contributed by atoms with van der Waals surface area (Å²) in [4.78, 5) is 11.6. The van der Waals surface area contributed by atoms with E-state index in [0.717, 1.165) is 16.7 Å². The van der Waals surface area contributed by atoms with E-state index >= 15 is 0 Å². The molecule has 0 spiro atoms.